The minimum atomic E-state index is 0.210. The smallest absolute Gasteiger partial charge is 0.140 e. The van der Waals surface area contributed by atoms with Gasteiger partial charge in [-0.25, -0.2) is 4.98 Å². The predicted octanol–water partition coefficient (Wildman–Crippen LogP) is 1.92. The molecule has 1 fully saturated rings. The second-order valence-electron chi connectivity index (χ2n) is 5.62. The van der Waals surface area contributed by atoms with Crippen LogP contribution >= 0.6 is 0 Å². The van der Waals surface area contributed by atoms with Gasteiger partial charge in [-0.05, 0) is 36.5 Å². The van der Waals surface area contributed by atoms with E-state index >= 15 is 0 Å². The Balaban J connectivity index is 1.87. The minimum absolute atomic E-state index is 0.210. The normalized spacial score (nSPS) is 16.9. The molecule has 1 saturated carbocycles. The molecule has 19 heavy (non-hydrogen) atoms. The maximum absolute atomic E-state index is 9.21. The fraction of sp³-hybridized carbons (Fsp3) is 0.533. The average Bonchev–Trinajstić information content (AvgIpc) is 3.20. The fourth-order valence-corrected chi connectivity index (χ4v) is 2.41. The third kappa shape index (κ3) is 2.80. The lowest BCUT2D eigenvalue weighted by Gasteiger charge is -2.09. The summed E-state index contributed by atoms with van der Waals surface area (Å²) in [6.45, 7) is 3.99. The van der Waals surface area contributed by atoms with Crippen molar-refractivity contribution in [3.63, 3.8) is 0 Å². The molecule has 0 aliphatic heterocycles. The number of rotatable bonds is 6. The SMILES string of the molecule is CC(CO)Cn1cc(CNC2CC2)c2cccnc21. The van der Waals surface area contributed by atoms with E-state index in [-0.39, 0.29) is 12.5 Å². The van der Waals surface area contributed by atoms with Crippen molar-refractivity contribution in [1.29, 1.82) is 0 Å². The van der Waals surface area contributed by atoms with Crippen molar-refractivity contribution in [2.24, 2.45) is 5.92 Å². The molecule has 2 aromatic rings. The van der Waals surface area contributed by atoms with Gasteiger partial charge in [-0.1, -0.05) is 6.92 Å². The molecule has 1 aliphatic carbocycles. The lowest BCUT2D eigenvalue weighted by atomic mass is 10.2. The molecule has 3 rings (SSSR count). The van der Waals surface area contributed by atoms with Gasteiger partial charge in [-0.2, -0.15) is 0 Å². The quantitative estimate of drug-likeness (QED) is 0.833. The number of hydrogen-bond acceptors (Lipinski definition) is 3. The van der Waals surface area contributed by atoms with Gasteiger partial charge in [-0.15, -0.1) is 0 Å². The number of aromatic nitrogens is 2. The molecule has 1 atom stereocenters. The van der Waals surface area contributed by atoms with Gasteiger partial charge in [0.2, 0.25) is 0 Å². The maximum Gasteiger partial charge on any atom is 0.140 e. The number of aliphatic hydroxyl groups is 1. The van der Waals surface area contributed by atoms with E-state index in [1.165, 1.54) is 23.8 Å². The zero-order chi connectivity index (χ0) is 13.2. The van der Waals surface area contributed by atoms with E-state index < -0.39 is 0 Å². The number of pyridine rings is 1. The molecule has 102 valence electrons. The molecule has 2 heterocycles. The first-order chi connectivity index (χ1) is 9.28. The Morgan fingerprint density at radius 2 is 2.37 bits per heavy atom. The second-order valence-corrected chi connectivity index (χ2v) is 5.62. The lowest BCUT2D eigenvalue weighted by Crippen LogP contribution is -2.15. The van der Waals surface area contributed by atoms with Gasteiger partial charge in [0.25, 0.3) is 0 Å². The Hall–Kier alpha value is -1.39. The van der Waals surface area contributed by atoms with Crippen molar-refractivity contribution in [2.75, 3.05) is 6.61 Å². The predicted molar refractivity (Wildman–Crippen MR) is 75.8 cm³/mol. The molecule has 2 N–H and O–H groups in total. The maximum atomic E-state index is 9.21. The zero-order valence-corrected chi connectivity index (χ0v) is 11.3. The highest BCUT2D eigenvalue weighted by Crippen LogP contribution is 2.23. The van der Waals surface area contributed by atoms with Crippen LogP contribution in [0.2, 0.25) is 0 Å². The van der Waals surface area contributed by atoms with E-state index in [1.807, 2.05) is 12.3 Å². The van der Waals surface area contributed by atoms with E-state index in [2.05, 4.69) is 34.1 Å². The van der Waals surface area contributed by atoms with Crippen LogP contribution in [0.15, 0.2) is 24.5 Å². The van der Waals surface area contributed by atoms with Gasteiger partial charge >= 0.3 is 0 Å². The Bertz CT molecular complexity index is 560. The minimum Gasteiger partial charge on any atom is -0.396 e. The van der Waals surface area contributed by atoms with Crippen molar-refractivity contribution in [3.8, 4) is 0 Å². The van der Waals surface area contributed by atoms with E-state index in [0.717, 1.165) is 18.7 Å². The Morgan fingerprint density at radius 1 is 1.53 bits per heavy atom. The summed E-state index contributed by atoms with van der Waals surface area (Å²) in [5.41, 5.74) is 2.33. The van der Waals surface area contributed by atoms with Crippen molar-refractivity contribution in [3.05, 3.63) is 30.1 Å². The molecule has 0 saturated heterocycles. The topological polar surface area (TPSA) is 50.1 Å². The molecule has 2 aromatic heterocycles. The van der Waals surface area contributed by atoms with E-state index in [1.54, 1.807) is 0 Å². The third-order valence-electron chi connectivity index (χ3n) is 3.69. The van der Waals surface area contributed by atoms with Crippen LogP contribution in [0.25, 0.3) is 11.0 Å². The molecule has 0 bridgehead atoms. The molecule has 1 aliphatic rings. The van der Waals surface area contributed by atoms with Crippen molar-refractivity contribution in [2.45, 2.75) is 38.9 Å². The summed E-state index contributed by atoms with van der Waals surface area (Å²) in [5, 5.41) is 14.0. The van der Waals surface area contributed by atoms with Gasteiger partial charge in [-0.3, -0.25) is 0 Å². The molecular formula is C15H21N3O. The summed E-state index contributed by atoms with van der Waals surface area (Å²) in [6, 6.07) is 4.83. The molecule has 4 nitrogen and oxygen atoms in total. The van der Waals surface area contributed by atoms with Gasteiger partial charge < -0.3 is 15.0 Å². The second kappa shape index (κ2) is 5.31. The van der Waals surface area contributed by atoms with Crippen molar-refractivity contribution >= 4 is 11.0 Å². The first kappa shape index (κ1) is 12.6. The van der Waals surface area contributed by atoms with Crippen LogP contribution in [0.1, 0.15) is 25.3 Å². The summed E-state index contributed by atoms with van der Waals surface area (Å²) in [4.78, 5) is 4.49. The van der Waals surface area contributed by atoms with Gasteiger partial charge in [0, 0.05) is 43.5 Å². The molecular weight excluding hydrogens is 238 g/mol. The number of nitrogens with one attached hydrogen (secondary N) is 1. The molecule has 0 radical (unpaired) electrons. The fourth-order valence-electron chi connectivity index (χ4n) is 2.41. The highest BCUT2D eigenvalue weighted by molar-refractivity contribution is 5.80. The Morgan fingerprint density at radius 3 is 3.11 bits per heavy atom. The molecule has 0 amide bonds. The first-order valence-electron chi connectivity index (χ1n) is 7.05. The molecule has 4 heteroatoms. The monoisotopic (exact) mass is 259 g/mol. The van der Waals surface area contributed by atoms with Crippen LogP contribution in [0.3, 0.4) is 0 Å². The molecule has 0 spiro atoms. The highest BCUT2D eigenvalue weighted by Gasteiger charge is 2.21. The Kier molecular flexibility index (Phi) is 3.53. The summed E-state index contributed by atoms with van der Waals surface area (Å²) in [5.74, 6) is 0.252. The lowest BCUT2D eigenvalue weighted by molar-refractivity contribution is 0.224. The standard InChI is InChI=1S/C15H21N3O/c1-11(10-19)8-18-9-12(7-17-13-4-5-13)14-3-2-6-16-15(14)18/h2-3,6,9,11,13,17,19H,4-5,7-8,10H2,1H3. The van der Waals surface area contributed by atoms with Crippen LogP contribution in [0, 0.1) is 5.92 Å². The molecule has 1 unspecified atom stereocenters. The van der Waals surface area contributed by atoms with Crippen molar-refractivity contribution < 1.29 is 5.11 Å². The zero-order valence-electron chi connectivity index (χ0n) is 11.3. The summed E-state index contributed by atoms with van der Waals surface area (Å²) in [6.07, 6.45) is 6.62. The van der Waals surface area contributed by atoms with Crippen LogP contribution in [-0.2, 0) is 13.1 Å². The summed E-state index contributed by atoms with van der Waals surface area (Å²) < 4.78 is 2.17. The van der Waals surface area contributed by atoms with Crippen LogP contribution in [0.5, 0.6) is 0 Å². The Labute approximate surface area is 113 Å². The van der Waals surface area contributed by atoms with E-state index in [4.69, 9.17) is 0 Å². The average molecular weight is 259 g/mol. The first-order valence-corrected chi connectivity index (χ1v) is 7.05. The largest absolute Gasteiger partial charge is 0.396 e. The highest BCUT2D eigenvalue weighted by atomic mass is 16.3. The van der Waals surface area contributed by atoms with Crippen LogP contribution in [0.4, 0.5) is 0 Å². The van der Waals surface area contributed by atoms with Crippen LogP contribution in [-0.4, -0.2) is 27.3 Å². The number of nitrogens with zero attached hydrogens (tertiary/aromatic N) is 2. The van der Waals surface area contributed by atoms with Gasteiger partial charge in [0.05, 0.1) is 0 Å². The summed E-state index contributed by atoms with van der Waals surface area (Å²) in [7, 11) is 0. The van der Waals surface area contributed by atoms with Crippen LogP contribution < -0.4 is 5.32 Å². The van der Waals surface area contributed by atoms with Gasteiger partial charge in [0.15, 0.2) is 0 Å². The van der Waals surface area contributed by atoms with E-state index in [0.29, 0.717) is 6.04 Å². The van der Waals surface area contributed by atoms with E-state index in [9.17, 15) is 5.11 Å². The third-order valence-corrected chi connectivity index (χ3v) is 3.69. The van der Waals surface area contributed by atoms with Gasteiger partial charge in [0.1, 0.15) is 5.65 Å². The summed E-state index contributed by atoms with van der Waals surface area (Å²) >= 11 is 0. The van der Waals surface area contributed by atoms with Crippen molar-refractivity contribution in [1.82, 2.24) is 14.9 Å². The number of aliphatic hydroxyl groups excluding tert-OH is 1. The number of fused-ring (bicyclic) bond motifs is 1. The number of hydrogen-bond donors (Lipinski definition) is 2. The molecule has 0 aromatic carbocycles.